The third kappa shape index (κ3) is 5.00. The monoisotopic (exact) mass is 449 g/mol. The molecule has 0 bridgehead atoms. The fourth-order valence-corrected chi connectivity index (χ4v) is 3.89. The molecule has 4 nitrogen and oxygen atoms in total. The van der Waals surface area contributed by atoms with E-state index in [1.165, 1.54) is 48.2 Å². The highest BCUT2D eigenvalue weighted by molar-refractivity contribution is 5.96. The van der Waals surface area contributed by atoms with Crippen LogP contribution in [0.3, 0.4) is 0 Å². The average molecular weight is 449 g/mol. The number of halogens is 4. The van der Waals surface area contributed by atoms with E-state index < -0.39 is 41.5 Å². The number of rotatable bonds is 5. The summed E-state index contributed by atoms with van der Waals surface area (Å²) in [4.78, 5) is 27.2. The van der Waals surface area contributed by atoms with Gasteiger partial charge in [-0.15, -0.1) is 0 Å². The quantitative estimate of drug-likeness (QED) is 0.442. The summed E-state index contributed by atoms with van der Waals surface area (Å²) in [6.07, 6.45) is -5.50. The van der Waals surface area contributed by atoms with Gasteiger partial charge in [-0.1, -0.05) is 30.3 Å². The van der Waals surface area contributed by atoms with Gasteiger partial charge in [0, 0.05) is 18.0 Å². The number of benzene rings is 2. The van der Waals surface area contributed by atoms with Gasteiger partial charge < -0.3 is 9.64 Å². The average Bonchev–Trinajstić information content (AvgIpc) is 2.69. The van der Waals surface area contributed by atoms with Gasteiger partial charge in [-0.25, -0.2) is 9.18 Å². The van der Waals surface area contributed by atoms with Gasteiger partial charge in [-0.3, -0.25) is 4.79 Å². The predicted molar refractivity (Wildman–Crippen MR) is 110 cm³/mol. The lowest BCUT2D eigenvalue weighted by Crippen LogP contribution is -2.38. The number of hydrogen-bond acceptors (Lipinski definition) is 3. The van der Waals surface area contributed by atoms with Gasteiger partial charge >= 0.3 is 12.1 Å². The third-order valence-electron chi connectivity index (χ3n) is 5.26. The van der Waals surface area contributed by atoms with E-state index in [0.29, 0.717) is 5.56 Å². The number of nitrogens with zero attached hydrogens (tertiary/aromatic N) is 1. The molecule has 0 saturated heterocycles. The summed E-state index contributed by atoms with van der Waals surface area (Å²) in [6.45, 7) is 4.74. The largest absolute Gasteiger partial charge is 0.460 e. The Morgan fingerprint density at radius 3 is 2.47 bits per heavy atom. The third-order valence-corrected chi connectivity index (χ3v) is 5.26. The lowest BCUT2D eigenvalue weighted by molar-refractivity contribution is -0.145. The molecule has 0 radical (unpaired) electrons. The maximum atomic E-state index is 13.7. The molecule has 32 heavy (non-hydrogen) atoms. The predicted octanol–water partition coefficient (Wildman–Crippen LogP) is 5.59. The van der Waals surface area contributed by atoms with Crippen LogP contribution in [0.2, 0.25) is 0 Å². The first kappa shape index (κ1) is 23.5. The molecular formula is C24H23F4NO3. The molecule has 0 N–H and O–H groups in total. The van der Waals surface area contributed by atoms with Crippen LogP contribution in [0.1, 0.15) is 49.8 Å². The van der Waals surface area contributed by atoms with Gasteiger partial charge in [0.05, 0.1) is 23.8 Å². The first-order valence-corrected chi connectivity index (χ1v) is 10.1. The van der Waals surface area contributed by atoms with Crippen molar-refractivity contribution >= 4 is 11.9 Å². The minimum atomic E-state index is -4.65. The topological polar surface area (TPSA) is 46.6 Å². The van der Waals surface area contributed by atoms with Crippen LogP contribution in [-0.4, -0.2) is 22.9 Å². The van der Waals surface area contributed by atoms with E-state index in [2.05, 4.69) is 0 Å². The number of esters is 1. The van der Waals surface area contributed by atoms with Crippen molar-refractivity contribution in [2.75, 3.05) is 0 Å². The van der Waals surface area contributed by atoms with E-state index in [4.69, 9.17) is 4.74 Å². The summed E-state index contributed by atoms with van der Waals surface area (Å²) in [5, 5.41) is 0. The van der Waals surface area contributed by atoms with Crippen molar-refractivity contribution in [3.8, 4) is 0 Å². The van der Waals surface area contributed by atoms with Gasteiger partial charge in [-0.2, -0.15) is 13.2 Å². The molecule has 0 fully saturated rings. The summed E-state index contributed by atoms with van der Waals surface area (Å²) in [5.74, 6) is -2.84. The zero-order chi connectivity index (χ0) is 23.6. The Kier molecular flexibility index (Phi) is 6.71. The van der Waals surface area contributed by atoms with Crippen LogP contribution < -0.4 is 0 Å². The van der Waals surface area contributed by atoms with Crippen molar-refractivity contribution in [1.82, 2.24) is 4.90 Å². The van der Waals surface area contributed by atoms with Crippen LogP contribution in [0.5, 0.6) is 0 Å². The molecule has 1 atom stereocenters. The van der Waals surface area contributed by atoms with Gasteiger partial charge in [-0.05, 0) is 50.1 Å². The molecule has 170 valence electrons. The Morgan fingerprint density at radius 2 is 1.84 bits per heavy atom. The SMILES string of the molecule is CC1=C(C(=O)OC(C)C)C(c2ccccc2C(F)(F)F)CC(=O)N1Cc1cccc(F)c1. The molecular weight excluding hydrogens is 426 g/mol. The number of carbonyl (C=O) groups is 2. The highest BCUT2D eigenvalue weighted by Crippen LogP contribution is 2.43. The van der Waals surface area contributed by atoms with Crippen molar-refractivity contribution in [2.45, 2.75) is 51.9 Å². The van der Waals surface area contributed by atoms with Gasteiger partial charge in [0.2, 0.25) is 5.91 Å². The van der Waals surface area contributed by atoms with Crippen molar-refractivity contribution in [3.05, 3.63) is 82.3 Å². The molecule has 1 unspecified atom stereocenters. The van der Waals surface area contributed by atoms with Crippen LogP contribution in [-0.2, 0) is 27.0 Å². The van der Waals surface area contributed by atoms with Crippen LogP contribution in [0.25, 0.3) is 0 Å². The van der Waals surface area contributed by atoms with Crippen molar-refractivity contribution < 1.29 is 31.9 Å². The minimum Gasteiger partial charge on any atom is -0.460 e. The number of amides is 1. The second kappa shape index (κ2) is 9.14. The standard InChI is InChI=1S/C24H23F4NO3/c1-14(2)32-23(31)22-15(3)29(13-16-7-6-8-17(25)11-16)21(30)12-19(22)18-9-4-5-10-20(18)24(26,27)28/h4-11,14,19H,12-13H2,1-3H3. The maximum absolute atomic E-state index is 13.7. The normalized spacial score (nSPS) is 17.2. The minimum absolute atomic E-state index is 0.00796. The molecule has 3 rings (SSSR count). The number of ether oxygens (including phenoxy) is 1. The van der Waals surface area contributed by atoms with E-state index in [0.717, 1.165) is 6.07 Å². The molecule has 0 saturated carbocycles. The first-order valence-electron chi connectivity index (χ1n) is 10.1. The highest BCUT2D eigenvalue weighted by atomic mass is 19.4. The summed E-state index contributed by atoms with van der Waals surface area (Å²) in [6, 6.07) is 10.6. The highest BCUT2D eigenvalue weighted by Gasteiger charge is 2.42. The second-order valence-corrected chi connectivity index (χ2v) is 7.90. The second-order valence-electron chi connectivity index (χ2n) is 7.90. The van der Waals surface area contributed by atoms with Gasteiger partial charge in [0.25, 0.3) is 0 Å². The molecule has 1 heterocycles. The molecule has 0 aliphatic carbocycles. The lowest BCUT2D eigenvalue weighted by Gasteiger charge is -2.35. The Labute approximate surface area is 183 Å². The summed E-state index contributed by atoms with van der Waals surface area (Å²) in [7, 11) is 0. The fraction of sp³-hybridized carbons (Fsp3) is 0.333. The van der Waals surface area contributed by atoms with Gasteiger partial charge in [0.15, 0.2) is 0 Å². The molecule has 1 aliphatic rings. The van der Waals surface area contributed by atoms with Crippen molar-refractivity contribution in [3.63, 3.8) is 0 Å². The molecule has 2 aromatic carbocycles. The van der Waals surface area contributed by atoms with Gasteiger partial charge in [0.1, 0.15) is 5.82 Å². The smallest absolute Gasteiger partial charge is 0.416 e. The lowest BCUT2D eigenvalue weighted by atomic mass is 9.81. The maximum Gasteiger partial charge on any atom is 0.416 e. The van der Waals surface area contributed by atoms with Crippen molar-refractivity contribution in [2.24, 2.45) is 0 Å². The van der Waals surface area contributed by atoms with E-state index >= 15 is 0 Å². The van der Waals surface area contributed by atoms with E-state index in [1.54, 1.807) is 19.9 Å². The molecule has 0 aromatic heterocycles. The molecule has 1 amide bonds. The van der Waals surface area contributed by atoms with Crippen molar-refractivity contribution in [1.29, 1.82) is 0 Å². The molecule has 2 aromatic rings. The summed E-state index contributed by atoms with van der Waals surface area (Å²) >= 11 is 0. The van der Waals surface area contributed by atoms with E-state index in [1.807, 2.05) is 0 Å². The zero-order valence-electron chi connectivity index (χ0n) is 17.9. The zero-order valence-corrected chi connectivity index (χ0v) is 17.9. The Bertz CT molecular complexity index is 1060. The summed E-state index contributed by atoms with van der Waals surface area (Å²) < 4.78 is 59.9. The summed E-state index contributed by atoms with van der Waals surface area (Å²) in [5.41, 5.74) is -0.388. The van der Waals surface area contributed by atoms with E-state index in [9.17, 15) is 27.2 Å². The molecule has 8 heteroatoms. The van der Waals surface area contributed by atoms with Crippen LogP contribution in [0, 0.1) is 5.82 Å². The van der Waals surface area contributed by atoms with Crippen LogP contribution in [0.15, 0.2) is 59.8 Å². The number of allylic oxidation sites excluding steroid dienone is 1. The van der Waals surface area contributed by atoms with Crippen LogP contribution in [0.4, 0.5) is 17.6 Å². The number of alkyl halides is 3. The van der Waals surface area contributed by atoms with Crippen LogP contribution >= 0.6 is 0 Å². The first-order chi connectivity index (χ1) is 15.0. The molecule has 0 spiro atoms. The molecule has 1 aliphatic heterocycles. The van der Waals surface area contributed by atoms with E-state index in [-0.39, 0.29) is 29.8 Å². The number of hydrogen-bond donors (Lipinski definition) is 0. The fourth-order valence-electron chi connectivity index (χ4n) is 3.89. The Hall–Kier alpha value is -3.16. The Morgan fingerprint density at radius 1 is 1.16 bits per heavy atom. The Balaban J connectivity index is 2.12. The number of carbonyl (C=O) groups excluding carboxylic acids is 2.